The maximum atomic E-state index is 12.6. The van der Waals surface area contributed by atoms with E-state index in [4.69, 9.17) is 0 Å². The first-order chi connectivity index (χ1) is 8.07. The average Bonchev–Trinajstić information content (AvgIpc) is 2.30. The van der Waals surface area contributed by atoms with Gasteiger partial charge < -0.3 is 0 Å². The van der Waals surface area contributed by atoms with Crippen LogP contribution in [0.2, 0.25) is 0 Å². The fourth-order valence-electron chi connectivity index (χ4n) is 1.14. The van der Waals surface area contributed by atoms with Gasteiger partial charge in [0.05, 0.1) is 6.20 Å². The summed E-state index contributed by atoms with van der Waals surface area (Å²) in [6.07, 6.45) is 0.928. The van der Waals surface area contributed by atoms with Crippen molar-refractivity contribution in [1.29, 1.82) is 0 Å². The fourth-order valence-corrected chi connectivity index (χ4v) is 2.00. The van der Waals surface area contributed by atoms with Crippen LogP contribution in [0.4, 0.5) is 13.2 Å². The third-order valence-corrected chi connectivity index (χ3v) is 2.76. The number of halogens is 3. The van der Waals surface area contributed by atoms with Gasteiger partial charge in [0.1, 0.15) is 5.03 Å². The van der Waals surface area contributed by atoms with E-state index in [0.29, 0.717) is 5.03 Å². The summed E-state index contributed by atoms with van der Waals surface area (Å²) in [5, 5.41) is 0.394. The van der Waals surface area contributed by atoms with Gasteiger partial charge in [0.2, 0.25) is 0 Å². The van der Waals surface area contributed by atoms with Crippen LogP contribution in [0.5, 0.6) is 0 Å². The minimum atomic E-state index is -4.47. The number of hydrogen-bond donors (Lipinski definition) is 0. The number of hydrogen-bond acceptors (Lipinski definition) is 4. The third-order valence-electron chi connectivity index (χ3n) is 1.79. The van der Waals surface area contributed by atoms with Gasteiger partial charge in [0.25, 0.3) is 0 Å². The lowest BCUT2D eigenvalue weighted by atomic mass is 10.3. The lowest BCUT2D eigenvalue weighted by Gasteiger charge is -2.09. The Hall–Kier alpha value is -1.63. The van der Waals surface area contributed by atoms with Crippen LogP contribution in [0.3, 0.4) is 0 Å². The standard InChI is InChI=1S/C10H6F3N3S/c11-10(12,13)9-7(2-1-3-16-9)17-8-6-14-4-5-15-8/h1-6H. The highest BCUT2D eigenvalue weighted by molar-refractivity contribution is 7.99. The van der Waals surface area contributed by atoms with E-state index < -0.39 is 11.9 Å². The molecule has 0 saturated carbocycles. The molecule has 0 unspecified atom stereocenters. The third kappa shape index (κ3) is 2.94. The van der Waals surface area contributed by atoms with Gasteiger partial charge >= 0.3 is 6.18 Å². The average molecular weight is 257 g/mol. The van der Waals surface area contributed by atoms with Crippen LogP contribution in [0, 0.1) is 0 Å². The molecule has 0 atom stereocenters. The largest absolute Gasteiger partial charge is 0.434 e. The Labute approximate surface area is 99.1 Å². The quantitative estimate of drug-likeness (QED) is 0.828. The number of rotatable bonds is 2. The van der Waals surface area contributed by atoms with Crippen molar-refractivity contribution in [2.75, 3.05) is 0 Å². The van der Waals surface area contributed by atoms with Gasteiger partial charge in [-0.25, -0.2) is 4.98 Å². The zero-order chi connectivity index (χ0) is 12.3. The Morgan fingerprint density at radius 2 is 1.88 bits per heavy atom. The van der Waals surface area contributed by atoms with Crippen LogP contribution in [0.1, 0.15) is 5.69 Å². The van der Waals surface area contributed by atoms with Crippen molar-refractivity contribution >= 4 is 11.8 Å². The number of pyridine rings is 1. The van der Waals surface area contributed by atoms with Crippen molar-refractivity contribution < 1.29 is 13.2 Å². The van der Waals surface area contributed by atoms with Gasteiger partial charge in [-0.05, 0) is 12.1 Å². The Kier molecular flexibility index (Phi) is 3.28. The second-order valence-corrected chi connectivity index (χ2v) is 4.06. The molecule has 3 nitrogen and oxygen atoms in total. The maximum absolute atomic E-state index is 12.6. The van der Waals surface area contributed by atoms with Crippen LogP contribution < -0.4 is 0 Å². The van der Waals surface area contributed by atoms with Crippen LogP contribution >= 0.6 is 11.8 Å². The number of aromatic nitrogens is 3. The molecule has 88 valence electrons. The van der Waals surface area contributed by atoms with Crippen molar-refractivity contribution in [2.24, 2.45) is 0 Å². The van der Waals surface area contributed by atoms with E-state index >= 15 is 0 Å². The Bertz CT molecular complexity index is 502. The topological polar surface area (TPSA) is 38.7 Å². The summed E-state index contributed by atoms with van der Waals surface area (Å²) in [7, 11) is 0. The van der Waals surface area contributed by atoms with Gasteiger partial charge in [-0.1, -0.05) is 11.8 Å². The number of alkyl halides is 3. The molecule has 2 rings (SSSR count). The van der Waals surface area contributed by atoms with E-state index in [2.05, 4.69) is 15.0 Å². The molecule has 0 aliphatic rings. The number of nitrogens with zero attached hydrogens (tertiary/aromatic N) is 3. The van der Waals surface area contributed by atoms with Crippen molar-refractivity contribution in [3.63, 3.8) is 0 Å². The minimum absolute atomic E-state index is 0.0144. The van der Waals surface area contributed by atoms with Crippen LogP contribution in [0.15, 0.2) is 46.8 Å². The second kappa shape index (κ2) is 4.70. The second-order valence-electron chi connectivity index (χ2n) is 2.99. The lowest BCUT2D eigenvalue weighted by Crippen LogP contribution is -2.09. The molecule has 0 bridgehead atoms. The first kappa shape index (κ1) is 11.8. The van der Waals surface area contributed by atoms with Crippen LogP contribution in [0.25, 0.3) is 0 Å². The zero-order valence-electron chi connectivity index (χ0n) is 8.35. The molecule has 0 aliphatic heterocycles. The van der Waals surface area contributed by atoms with Gasteiger partial charge in [0.15, 0.2) is 5.69 Å². The summed E-state index contributed by atoms with van der Waals surface area (Å²) in [6.45, 7) is 0. The molecular formula is C10H6F3N3S. The van der Waals surface area contributed by atoms with Gasteiger partial charge in [-0.15, -0.1) is 0 Å². The summed E-state index contributed by atoms with van der Waals surface area (Å²) >= 11 is 0.885. The van der Waals surface area contributed by atoms with E-state index in [1.54, 1.807) is 0 Å². The molecule has 0 spiro atoms. The van der Waals surface area contributed by atoms with Crippen LogP contribution in [-0.4, -0.2) is 15.0 Å². The summed E-state index contributed by atoms with van der Waals surface area (Å²) in [6, 6.07) is 2.81. The summed E-state index contributed by atoms with van der Waals surface area (Å²) in [5.41, 5.74) is -0.907. The van der Waals surface area contributed by atoms with Crippen LogP contribution in [-0.2, 0) is 6.18 Å². The molecule has 17 heavy (non-hydrogen) atoms. The van der Waals surface area contributed by atoms with E-state index in [1.807, 2.05) is 0 Å². The summed E-state index contributed by atoms with van der Waals surface area (Å²) in [4.78, 5) is 11.1. The first-order valence-electron chi connectivity index (χ1n) is 4.53. The molecule has 2 heterocycles. The van der Waals surface area contributed by atoms with Gasteiger partial charge in [-0.3, -0.25) is 9.97 Å². The Morgan fingerprint density at radius 1 is 1.06 bits per heavy atom. The Balaban J connectivity index is 2.34. The first-order valence-corrected chi connectivity index (χ1v) is 5.35. The zero-order valence-corrected chi connectivity index (χ0v) is 9.16. The molecule has 0 aliphatic carbocycles. The molecule has 2 aromatic rings. The highest BCUT2D eigenvalue weighted by atomic mass is 32.2. The van der Waals surface area contributed by atoms with E-state index in [1.165, 1.54) is 30.7 Å². The molecule has 0 N–H and O–H groups in total. The molecule has 0 aromatic carbocycles. The lowest BCUT2D eigenvalue weighted by molar-refractivity contribution is -0.143. The summed E-state index contributed by atoms with van der Waals surface area (Å²) < 4.78 is 37.9. The van der Waals surface area contributed by atoms with E-state index in [9.17, 15) is 13.2 Å². The monoisotopic (exact) mass is 257 g/mol. The molecule has 0 radical (unpaired) electrons. The van der Waals surface area contributed by atoms with Crippen molar-refractivity contribution in [2.45, 2.75) is 16.1 Å². The maximum Gasteiger partial charge on any atom is 0.434 e. The summed E-state index contributed by atoms with van der Waals surface area (Å²) in [5.74, 6) is 0. The molecule has 0 saturated heterocycles. The SMILES string of the molecule is FC(F)(F)c1ncccc1Sc1cnccn1. The predicted octanol–water partition coefficient (Wildman–Crippen LogP) is 3.04. The van der Waals surface area contributed by atoms with Gasteiger partial charge in [0, 0.05) is 23.5 Å². The van der Waals surface area contributed by atoms with Gasteiger partial charge in [-0.2, -0.15) is 13.2 Å². The van der Waals surface area contributed by atoms with Crippen molar-refractivity contribution in [3.8, 4) is 0 Å². The van der Waals surface area contributed by atoms with Crippen molar-refractivity contribution in [3.05, 3.63) is 42.6 Å². The molecule has 7 heteroatoms. The smallest absolute Gasteiger partial charge is 0.260 e. The minimum Gasteiger partial charge on any atom is -0.260 e. The van der Waals surface area contributed by atoms with E-state index in [0.717, 1.165) is 18.0 Å². The molecular weight excluding hydrogens is 251 g/mol. The molecule has 2 aromatic heterocycles. The molecule has 0 fully saturated rings. The normalized spacial score (nSPS) is 11.5. The molecule has 0 amide bonds. The highest BCUT2D eigenvalue weighted by Gasteiger charge is 2.35. The predicted molar refractivity (Wildman–Crippen MR) is 55.4 cm³/mol. The van der Waals surface area contributed by atoms with E-state index in [-0.39, 0.29) is 4.90 Å². The highest BCUT2D eigenvalue weighted by Crippen LogP contribution is 2.36. The van der Waals surface area contributed by atoms with Crippen molar-refractivity contribution in [1.82, 2.24) is 15.0 Å². The fraction of sp³-hybridized carbons (Fsp3) is 0.100. The Morgan fingerprint density at radius 3 is 2.53 bits per heavy atom.